The van der Waals surface area contributed by atoms with Crippen molar-refractivity contribution in [3.63, 3.8) is 0 Å². The van der Waals surface area contributed by atoms with Crippen molar-refractivity contribution in [3.05, 3.63) is 58.1 Å². The number of pyridine rings is 1. The van der Waals surface area contributed by atoms with Crippen LogP contribution in [-0.2, 0) is 13.6 Å². The first-order chi connectivity index (χ1) is 10.1. The van der Waals surface area contributed by atoms with Gasteiger partial charge < -0.3 is 9.67 Å². The van der Waals surface area contributed by atoms with E-state index in [0.717, 1.165) is 0 Å². The van der Waals surface area contributed by atoms with E-state index in [1.807, 2.05) is 0 Å². The predicted octanol–water partition coefficient (Wildman–Crippen LogP) is 0.876. The molecule has 0 spiro atoms. The highest BCUT2D eigenvalue weighted by molar-refractivity contribution is 5.92. The van der Waals surface area contributed by atoms with E-state index >= 15 is 0 Å². The predicted molar refractivity (Wildman–Crippen MR) is 75.3 cm³/mol. The zero-order chi connectivity index (χ0) is 15.0. The summed E-state index contributed by atoms with van der Waals surface area (Å²) in [7, 11) is 1.75. The molecule has 21 heavy (non-hydrogen) atoms. The van der Waals surface area contributed by atoms with Crippen LogP contribution in [-0.4, -0.2) is 30.6 Å². The highest BCUT2D eigenvalue weighted by Gasteiger charge is 2.14. The third-order valence-electron chi connectivity index (χ3n) is 3.20. The molecule has 0 atom stereocenters. The number of para-hydroxylation sites is 1. The van der Waals surface area contributed by atoms with E-state index in [0.29, 0.717) is 23.1 Å². The molecule has 0 aliphatic carbocycles. The minimum Gasteiger partial charge on any atom is -0.477 e. The minimum absolute atomic E-state index is 0.252. The van der Waals surface area contributed by atoms with Crippen LogP contribution in [0.1, 0.15) is 16.1 Å². The van der Waals surface area contributed by atoms with E-state index < -0.39 is 11.4 Å². The zero-order valence-corrected chi connectivity index (χ0v) is 11.2. The van der Waals surface area contributed by atoms with Crippen LogP contribution < -0.4 is 5.43 Å². The van der Waals surface area contributed by atoms with Crippen molar-refractivity contribution in [2.24, 2.45) is 7.05 Å². The number of aromatic nitrogens is 4. The lowest BCUT2D eigenvalue weighted by atomic mass is 10.1. The Bertz CT molecular complexity index is 895. The van der Waals surface area contributed by atoms with Crippen LogP contribution in [0.2, 0.25) is 0 Å². The maximum absolute atomic E-state index is 12.2. The van der Waals surface area contributed by atoms with E-state index in [1.54, 1.807) is 46.8 Å². The van der Waals surface area contributed by atoms with Gasteiger partial charge >= 0.3 is 5.97 Å². The lowest BCUT2D eigenvalue weighted by Gasteiger charge is -2.10. The average Bonchev–Trinajstić information content (AvgIpc) is 2.87. The van der Waals surface area contributed by atoms with Gasteiger partial charge in [0, 0.05) is 24.8 Å². The van der Waals surface area contributed by atoms with Crippen LogP contribution in [0.3, 0.4) is 0 Å². The van der Waals surface area contributed by atoms with Crippen molar-refractivity contribution in [1.82, 2.24) is 19.6 Å². The maximum atomic E-state index is 12.2. The number of nitrogens with zero attached hydrogens (tertiary/aromatic N) is 4. The lowest BCUT2D eigenvalue weighted by molar-refractivity contribution is 0.0695. The number of carboxylic acids is 1. The fraction of sp³-hybridized carbons (Fsp3) is 0.143. The van der Waals surface area contributed by atoms with Crippen LogP contribution in [0.25, 0.3) is 10.9 Å². The standard InChI is InChI=1S/C14H12N4O3/c1-17-6-9(15-16-17)7-18-8-11(14(20)21)13(19)10-4-2-3-5-12(10)18/h2-6,8H,7H2,1H3,(H,20,21). The van der Waals surface area contributed by atoms with Crippen LogP contribution in [0.4, 0.5) is 0 Å². The van der Waals surface area contributed by atoms with Crippen LogP contribution in [0, 0.1) is 0 Å². The fourth-order valence-corrected chi connectivity index (χ4v) is 2.27. The SMILES string of the molecule is Cn1cc(Cn2cc(C(=O)O)c(=O)c3ccccc32)nn1. The average molecular weight is 284 g/mol. The number of hydrogen-bond acceptors (Lipinski definition) is 4. The van der Waals surface area contributed by atoms with Gasteiger partial charge in [-0.05, 0) is 12.1 Å². The fourth-order valence-electron chi connectivity index (χ4n) is 2.27. The summed E-state index contributed by atoms with van der Waals surface area (Å²) in [5, 5.41) is 17.4. The molecule has 3 aromatic rings. The second-order valence-corrected chi connectivity index (χ2v) is 4.71. The molecule has 0 aliphatic rings. The van der Waals surface area contributed by atoms with Crippen LogP contribution >= 0.6 is 0 Å². The molecule has 0 fully saturated rings. The second kappa shape index (κ2) is 4.86. The Labute approximate surface area is 119 Å². The van der Waals surface area contributed by atoms with Gasteiger partial charge in [0.1, 0.15) is 11.3 Å². The largest absolute Gasteiger partial charge is 0.477 e. The number of aryl methyl sites for hydroxylation is 1. The Morgan fingerprint density at radius 1 is 1.29 bits per heavy atom. The second-order valence-electron chi connectivity index (χ2n) is 4.71. The van der Waals surface area contributed by atoms with Gasteiger partial charge in [0.2, 0.25) is 5.43 Å². The Morgan fingerprint density at radius 2 is 2.05 bits per heavy atom. The molecule has 3 rings (SSSR count). The van der Waals surface area contributed by atoms with Gasteiger partial charge in [-0.2, -0.15) is 0 Å². The number of rotatable bonds is 3. The zero-order valence-electron chi connectivity index (χ0n) is 11.2. The molecule has 2 aromatic heterocycles. The summed E-state index contributed by atoms with van der Waals surface area (Å²) in [6.45, 7) is 0.342. The number of aromatic carboxylic acids is 1. The van der Waals surface area contributed by atoms with Gasteiger partial charge in [0.05, 0.1) is 12.1 Å². The van der Waals surface area contributed by atoms with E-state index in [-0.39, 0.29) is 5.56 Å². The summed E-state index contributed by atoms with van der Waals surface area (Å²) in [5.41, 5.74) is 0.617. The number of carboxylic acid groups (broad SMARTS) is 1. The monoisotopic (exact) mass is 284 g/mol. The van der Waals surface area contributed by atoms with Gasteiger partial charge in [0.25, 0.3) is 0 Å². The van der Waals surface area contributed by atoms with Crippen molar-refractivity contribution < 1.29 is 9.90 Å². The normalized spacial score (nSPS) is 10.9. The molecule has 7 heteroatoms. The number of hydrogen-bond donors (Lipinski definition) is 1. The smallest absolute Gasteiger partial charge is 0.341 e. The first kappa shape index (κ1) is 13.0. The Hall–Kier alpha value is -2.96. The molecule has 0 aliphatic heterocycles. The van der Waals surface area contributed by atoms with Gasteiger partial charge in [0.15, 0.2) is 0 Å². The molecule has 0 saturated carbocycles. The number of fused-ring (bicyclic) bond motifs is 1. The molecule has 0 amide bonds. The Balaban J connectivity index is 2.23. The van der Waals surface area contributed by atoms with E-state index in [2.05, 4.69) is 10.3 Å². The highest BCUT2D eigenvalue weighted by Crippen LogP contribution is 2.13. The van der Waals surface area contributed by atoms with E-state index in [4.69, 9.17) is 0 Å². The van der Waals surface area contributed by atoms with Crippen LogP contribution in [0.15, 0.2) is 41.5 Å². The number of benzene rings is 1. The molecule has 1 N–H and O–H groups in total. The van der Waals surface area contributed by atoms with Crippen molar-refractivity contribution in [2.45, 2.75) is 6.54 Å². The van der Waals surface area contributed by atoms with E-state index in [9.17, 15) is 14.7 Å². The summed E-state index contributed by atoms with van der Waals surface area (Å²) in [6.07, 6.45) is 3.09. The summed E-state index contributed by atoms with van der Waals surface area (Å²) < 4.78 is 3.27. The summed E-state index contributed by atoms with van der Waals surface area (Å²) in [4.78, 5) is 23.4. The van der Waals surface area contributed by atoms with Crippen molar-refractivity contribution in [2.75, 3.05) is 0 Å². The van der Waals surface area contributed by atoms with Crippen LogP contribution in [0.5, 0.6) is 0 Å². The third kappa shape index (κ3) is 2.29. The topological polar surface area (TPSA) is 90.0 Å². The van der Waals surface area contributed by atoms with E-state index in [1.165, 1.54) is 6.20 Å². The number of carbonyl (C=O) groups is 1. The molecule has 0 saturated heterocycles. The quantitative estimate of drug-likeness (QED) is 0.771. The summed E-state index contributed by atoms with van der Waals surface area (Å²) >= 11 is 0. The molecule has 0 bridgehead atoms. The van der Waals surface area contributed by atoms with Crippen molar-refractivity contribution in [3.8, 4) is 0 Å². The Kier molecular flexibility index (Phi) is 3.02. The highest BCUT2D eigenvalue weighted by atomic mass is 16.4. The summed E-state index contributed by atoms with van der Waals surface area (Å²) in [5.74, 6) is -1.24. The third-order valence-corrected chi connectivity index (χ3v) is 3.20. The molecule has 7 nitrogen and oxygen atoms in total. The van der Waals surface area contributed by atoms with Gasteiger partial charge in [-0.25, -0.2) is 4.79 Å². The molecular weight excluding hydrogens is 272 g/mol. The minimum atomic E-state index is -1.24. The lowest BCUT2D eigenvalue weighted by Crippen LogP contribution is -2.19. The van der Waals surface area contributed by atoms with Gasteiger partial charge in [-0.1, -0.05) is 17.3 Å². The molecular formula is C14H12N4O3. The maximum Gasteiger partial charge on any atom is 0.341 e. The molecule has 1 aromatic carbocycles. The van der Waals surface area contributed by atoms with Crippen molar-refractivity contribution in [1.29, 1.82) is 0 Å². The van der Waals surface area contributed by atoms with Gasteiger partial charge in [-0.15, -0.1) is 5.10 Å². The van der Waals surface area contributed by atoms with Crippen molar-refractivity contribution >= 4 is 16.9 Å². The molecule has 0 radical (unpaired) electrons. The molecule has 106 valence electrons. The molecule has 2 heterocycles. The first-order valence-corrected chi connectivity index (χ1v) is 6.27. The Morgan fingerprint density at radius 3 is 2.71 bits per heavy atom. The summed E-state index contributed by atoms with van der Waals surface area (Å²) in [6, 6.07) is 6.91. The molecule has 0 unspecified atom stereocenters. The first-order valence-electron chi connectivity index (χ1n) is 6.27. The van der Waals surface area contributed by atoms with Gasteiger partial charge in [-0.3, -0.25) is 9.48 Å².